The van der Waals surface area contributed by atoms with Gasteiger partial charge in [-0.05, 0) is 54.5 Å². The number of esters is 1. The number of methoxy groups -OCH3 is 1. The van der Waals surface area contributed by atoms with Crippen LogP contribution in [0.4, 0.5) is 0 Å². The van der Waals surface area contributed by atoms with Gasteiger partial charge in [-0.15, -0.1) is 0 Å². The van der Waals surface area contributed by atoms with Crippen LogP contribution < -0.4 is 0 Å². The smallest absolute Gasteiger partial charge is 0.307 e. The molecule has 0 saturated heterocycles. The molecule has 1 amide bonds. The summed E-state index contributed by atoms with van der Waals surface area (Å²) in [6, 6.07) is 15.9. The lowest BCUT2D eigenvalue weighted by molar-refractivity contribution is -0.140. The van der Waals surface area contributed by atoms with E-state index in [0.717, 1.165) is 18.4 Å². The maximum absolute atomic E-state index is 13.1. The molecule has 0 radical (unpaired) electrons. The Hall–Kier alpha value is -2.62. The molecule has 2 aromatic rings. The minimum Gasteiger partial charge on any atom is -0.469 e. The Morgan fingerprint density at radius 3 is 2.46 bits per heavy atom. The van der Waals surface area contributed by atoms with Gasteiger partial charge in [-0.2, -0.15) is 0 Å². The van der Waals surface area contributed by atoms with Crippen LogP contribution in [0.5, 0.6) is 0 Å². The van der Waals surface area contributed by atoms with Gasteiger partial charge in [0.2, 0.25) is 0 Å². The van der Waals surface area contributed by atoms with Gasteiger partial charge in [0.1, 0.15) is 0 Å². The number of aryl methyl sites for hydroxylation is 2. The molecule has 4 nitrogen and oxygen atoms in total. The van der Waals surface area contributed by atoms with Gasteiger partial charge >= 0.3 is 5.97 Å². The first kappa shape index (κ1) is 18.2. The number of ether oxygens (including phenoxy) is 1. The first-order chi connectivity index (χ1) is 12.7. The maximum atomic E-state index is 13.1. The second-order valence-electron chi connectivity index (χ2n) is 6.73. The van der Waals surface area contributed by atoms with Crippen LogP contribution >= 0.6 is 0 Å². The van der Waals surface area contributed by atoms with E-state index in [1.165, 1.54) is 31.1 Å². The van der Waals surface area contributed by atoms with Gasteiger partial charge in [0.25, 0.3) is 5.91 Å². The molecule has 0 N–H and O–H groups in total. The number of carbonyl (C=O) groups excluding carboxylic acids is 2. The van der Waals surface area contributed by atoms with Gasteiger partial charge in [0.05, 0.1) is 13.5 Å². The molecule has 3 rings (SSSR count). The Kier molecular flexibility index (Phi) is 6.05. The number of amides is 1. The average molecular weight is 351 g/mol. The molecular formula is C22H25NO3. The van der Waals surface area contributed by atoms with Crippen LogP contribution in [0.15, 0.2) is 48.5 Å². The zero-order valence-corrected chi connectivity index (χ0v) is 15.2. The normalized spacial score (nSPS) is 13.0. The number of carbonyl (C=O) groups is 2. The lowest BCUT2D eigenvalue weighted by Crippen LogP contribution is -2.33. The first-order valence-corrected chi connectivity index (χ1v) is 9.19. The summed E-state index contributed by atoms with van der Waals surface area (Å²) >= 11 is 0. The van der Waals surface area contributed by atoms with E-state index >= 15 is 0 Å². The monoisotopic (exact) mass is 351 g/mol. The second kappa shape index (κ2) is 8.65. The van der Waals surface area contributed by atoms with Crippen LogP contribution in [-0.4, -0.2) is 30.4 Å². The Bertz CT molecular complexity index is 770. The summed E-state index contributed by atoms with van der Waals surface area (Å²) in [5, 5.41) is 0. The van der Waals surface area contributed by atoms with Crippen LogP contribution in [0.2, 0.25) is 0 Å². The van der Waals surface area contributed by atoms with E-state index in [9.17, 15) is 9.59 Å². The van der Waals surface area contributed by atoms with Gasteiger partial charge in [-0.3, -0.25) is 9.59 Å². The van der Waals surface area contributed by atoms with Crippen molar-refractivity contribution in [3.05, 3.63) is 70.8 Å². The lowest BCUT2D eigenvalue weighted by atomic mass is 9.90. The van der Waals surface area contributed by atoms with Crippen molar-refractivity contribution in [2.75, 3.05) is 13.7 Å². The quantitative estimate of drug-likeness (QED) is 0.744. The van der Waals surface area contributed by atoms with Crippen LogP contribution in [0.25, 0.3) is 0 Å². The van der Waals surface area contributed by atoms with Crippen LogP contribution in [-0.2, 0) is 28.9 Å². The molecule has 0 saturated carbocycles. The highest BCUT2D eigenvalue weighted by Crippen LogP contribution is 2.23. The molecule has 136 valence electrons. The third-order valence-corrected chi connectivity index (χ3v) is 4.91. The summed E-state index contributed by atoms with van der Waals surface area (Å²) in [6.07, 6.45) is 4.73. The molecule has 0 unspecified atom stereocenters. The Morgan fingerprint density at radius 1 is 1.00 bits per heavy atom. The number of hydrogen-bond acceptors (Lipinski definition) is 3. The van der Waals surface area contributed by atoms with E-state index in [-0.39, 0.29) is 18.3 Å². The van der Waals surface area contributed by atoms with E-state index in [1.54, 1.807) is 4.90 Å². The second-order valence-corrected chi connectivity index (χ2v) is 6.73. The van der Waals surface area contributed by atoms with E-state index in [4.69, 9.17) is 4.74 Å². The highest BCUT2D eigenvalue weighted by Gasteiger charge is 2.19. The zero-order valence-electron chi connectivity index (χ0n) is 15.2. The van der Waals surface area contributed by atoms with Crippen molar-refractivity contribution in [2.24, 2.45) is 0 Å². The largest absolute Gasteiger partial charge is 0.469 e. The molecule has 0 heterocycles. The number of rotatable bonds is 6. The Balaban J connectivity index is 1.80. The Morgan fingerprint density at radius 2 is 1.73 bits per heavy atom. The van der Waals surface area contributed by atoms with Crippen LogP contribution in [0.1, 0.15) is 46.3 Å². The summed E-state index contributed by atoms with van der Waals surface area (Å²) in [5.41, 5.74) is 4.39. The van der Waals surface area contributed by atoms with Crippen molar-refractivity contribution in [2.45, 2.75) is 38.6 Å². The molecule has 0 aliphatic heterocycles. The number of nitrogens with zero attached hydrogens (tertiary/aromatic N) is 1. The SMILES string of the molecule is COC(=O)CCN(Cc1ccccc1)C(=O)c1ccc2c(c1)CCCC2. The summed E-state index contributed by atoms with van der Waals surface area (Å²) < 4.78 is 4.73. The number of benzene rings is 2. The average Bonchev–Trinajstić information content (AvgIpc) is 2.70. The third-order valence-electron chi connectivity index (χ3n) is 4.91. The van der Waals surface area contributed by atoms with Gasteiger partial charge in [-0.1, -0.05) is 36.4 Å². The summed E-state index contributed by atoms with van der Waals surface area (Å²) in [4.78, 5) is 26.4. The first-order valence-electron chi connectivity index (χ1n) is 9.19. The van der Waals surface area contributed by atoms with Gasteiger partial charge < -0.3 is 9.64 Å². The molecule has 1 aliphatic carbocycles. The van der Waals surface area contributed by atoms with Crippen molar-refractivity contribution in [1.29, 1.82) is 0 Å². The van der Waals surface area contributed by atoms with Crippen molar-refractivity contribution >= 4 is 11.9 Å². The fourth-order valence-corrected chi connectivity index (χ4v) is 3.43. The van der Waals surface area contributed by atoms with E-state index in [0.29, 0.717) is 18.7 Å². The van der Waals surface area contributed by atoms with Crippen molar-refractivity contribution in [3.63, 3.8) is 0 Å². The molecule has 0 aromatic heterocycles. The highest BCUT2D eigenvalue weighted by molar-refractivity contribution is 5.94. The topological polar surface area (TPSA) is 46.6 Å². The summed E-state index contributed by atoms with van der Waals surface area (Å²) in [6.45, 7) is 0.825. The molecule has 4 heteroatoms. The molecular weight excluding hydrogens is 326 g/mol. The van der Waals surface area contributed by atoms with Crippen molar-refractivity contribution in [1.82, 2.24) is 4.90 Å². The molecule has 0 fully saturated rings. The Labute approximate surface area is 154 Å². The standard InChI is InChI=1S/C22H25NO3/c1-26-21(24)13-14-23(16-17-7-3-2-4-8-17)22(25)20-12-11-18-9-5-6-10-19(18)15-20/h2-4,7-8,11-12,15H,5-6,9-10,13-14,16H2,1H3. The minimum atomic E-state index is -0.304. The summed E-state index contributed by atoms with van der Waals surface area (Å²) in [5.74, 6) is -0.340. The van der Waals surface area contributed by atoms with Crippen LogP contribution in [0.3, 0.4) is 0 Å². The third kappa shape index (κ3) is 4.51. The van der Waals surface area contributed by atoms with Gasteiger partial charge in [0.15, 0.2) is 0 Å². The molecule has 0 spiro atoms. The number of fused-ring (bicyclic) bond motifs is 1. The molecule has 0 bridgehead atoms. The molecule has 0 atom stereocenters. The lowest BCUT2D eigenvalue weighted by Gasteiger charge is -2.24. The predicted molar refractivity (Wildman–Crippen MR) is 101 cm³/mol. The fourth-order valence-electron chi connectivity index (χ4n) is 3.43. The van der Waals surface area contributed by atoms with Gasteiger partial charge in [0, 0.05) is 18.7 Å². The van der Waals surface area contributed by atoms with E-state index < -0.39 is 0 Å². The summed E-state index contributed by atoms with van der Waals surface area (Å²) in [7, 11) is 1.37. The molecule has 26 heavy (non-hydrogen) atoms. The molecule has 2 aromatic carbocycles. The van der Waals surface area contributed by atoms with Crippen molar-refractivity contribution in [3.8, 4) is 0 Å². The highest BCUT2D eigenvalue weighted by atomic mass is 16.5. The van der Waals surface area contributed by atoms with Crippen LogP contribution in [0, 0.1) is 0 Å². The van der Waals surface area contributed by atoms with Gasteiger partial charge in [-0.25, -0.2) is 0 Å². The predicted octanol–water partition coefficient (Wildman–Crippen LogP) is 3.77. The fraction of sp³-hybridized carbons (Fsp3) is 0.364. The van der Waals surface area contributed by atoms with Crippen molar-refractivity contribution < 1.29 is 14.3 Å². The van der Waals surface area contributed by atoms with E-state index in [1.807, 2.05) is 42.5 Å². The molecule has 1 aliphatic rings. The zero-order chi connectivity index (χ0) is 18.4. The van der Waals surface area contributed by atoms with E-state index in [2.05, 4.69) is 6.07 Å². The minimum absolute atomic E-state index is 0.0360. The number of hydrogen-bond donors (Lipinski definition) is 0. The maximum Gasteiger partial charge on any atom is 0.307 e.